The van der Waals surface area contributed by atoms with E-state index in [1.807, 2.05) is 0 Å². The van der Waals surface area contributed by atoms with E-state index >= 15 is 0 Å². The summed E-state index contributed by atoms with van der Waals surface area (Å²) in [5.74, 6) is -1.39. The van der Waals surface area contributed by atoms with Gasteiger partial charge in [-0.3, -0.25) is 4.79 Å². The van der Waals surface area contributed by atoms with Gasteiger partial charge in [0.1, 0.15) is 0 Å². The van der Waals surface area contributed by atoms with Gasteiger partial charge in [-0.05, 0) is 19.3 Å². The molecule has 2 rings (SSSR count). The molecule has 0 aromatic carbocycles. The molecule has 0 radical (unpaired) electrons. The maximum absolute atomic E-state index is 11.5. The van der Waals surface area contributed by atoms with E-state index < -0.39 is 12.1 Å². The first kappa shape index (κ1) is 9.95. The lowest BCUT2D eigenvalue weighted by Crippen LogP contribution is -2.44. The number of carboxylic acid groups (broad SMARTS) is 1. The molecule has 0 bridgehead atoms. The predicted molar refractivity (Wildman–Crippen MR) is 50.3 cm³/mol. The van der Waals surface area contributed by atoms with Crippen LogP contribution in [0.15, 0.2) is 5.16 Å². The lowest BCUT2D eigenvalue weighted by Gasteiger charge is -2.27. The lowest BCUT2D eigenvalue weighted by molar-refractivity contribution is -0.132. The van der Waals surface area contributed by atoms with Gasteiger partial charge in [-0.2, -0.15) is 0 Å². The zero-order valence-electron chi connectivity index (χ0n) is 8.10. The molecule has 1 amide bonds. The van der Waals surface area contributed by atoms with Crippen LogP contribution in [0.5, 0.6) is 0 Å². The average molecular weight is 212 g/mol. The summed E-state index contributed by atoms with van der Waals surface area (Å²) in [5, 5.41) is 14.7. The fourth-order valence-corrected chi connectivity index (χ4v) is 1.49. The van der Waals surface area contributed by atoms with Crippen molar-refractivity contribution in [1.29, 1.82) is 0 Å². The molecular formula is C9H12N2O4. The van der Waals surface area contributed by atoms with Crippen LogP contribution in [0.3, 0.4) is 0 Å². The monoisotopic (exact) mass is 212 g/mol. The number of amides is 1. The molecule has 6 heteroatoms. The van der Waals surface area contributed by atoms with Crippen molar-refractivity contribution in [3.05, 3.63) is 0 Å². The normalized spacial score (nSPS) is 25.1. The molecule has 0 aromatic rings. The van der Waals surface area contributed by atoms with Crippen LogP contribution in [0, 0.1) is 0 Å². The van der Waals surface area contributed by atoms with E-state index in [9.17, 15) is 9.59 Å². The second-order valence-electron chi connectivity index (χ2n) is 3.78. The molecule has 15 heavy (non-hydrogen) atoms. The molecule has 1 atom stereocenters. The summed E-state index contributed by atoms with van der Waals surface area (Å²) in [5.41, 5.74) is -0.0937. The number of carbonyl (C=O) groups excluding carboxylic acids is 1. The van der Waals surface area contributed by atoms with E-state index in [-0.39, 0.29) is 24.1 Å². The molecule has 0 saturated heterocycles. The third-order valence-electron chi connectivity index (χ3n) is 2.66. The van der Waals surface area contributed by atoms with E-state index in [2.05, 4.69) is 10.5 Å². The Morgan fingerprint density at radius 2 is 2.20 bits per heavy atom. The number of hydrogen-bond acceptors (Lipinski definition) is 4. The van der Waals surface area contributed by atoms with Crippen molar-refractivity contribution in [2.45, 2.75) is 37.8 Å². The summed E-state index contributed by atoms with van der Waals surface area (Å²) in [6.45, 7) is 0. The largest absolute Gasteiger partial charge is 0.477 e. The number of nitrogens with one attached hydrogen (secondary N) is 1. The van der Waals surface area contributed by atoms with Crippen LogP contribution in [0.25, 0.3) is 0 Å². The number of carboxylic acids is 1. The van der Waals surface area contributed by atoms with Crippen LogP contribution in [-0.2, 0) is 14.4 Å². The Balaban J connectivity index is 1.81. The molecule has 2 aliphatic rings. The number of carbonyl (C=O) groups is 2. The van der Waals surface area contributed by atoms with Gasteiger partial charge in [-0.1, -0.05) is 5.16 Å². The molecule has 1 unspecified atom stereocenters. The van der Waals surface area contributed by atoms with Gasteiger partial charge in [0.25, 0.3) is 5.91 Å². The Morgan fingerprint density at radius 3 is 2.67 bits per heavy atom. The SMILES string of the molecule is O=C(O)C1=NOC(C(=O)NC2CCC2)C1. The average Bonchev–Trinajstić information content (AvgIpc) is 2.59. The lowest BCUT2D eigenvalue weighted by atomic mass is 9.93. The highest BCUT2D eigenvalue weighted by Gasteiger charge is 2.33. The van der Waals surface area contributed by atoms with Gasteiger partial charge >= 0.3 is 5.97 Å². The van der Waals surface area contributed by atoms with Crippen LogP contribution in [0.1, 0.15) is 25.7 Å². The van der Waals surface area contributed by atoms with E-state index in [4.69, 9.17) is 9.94 Å². The van der Waals surface area contributed by atoms with Crippen molar-refractivity contribution < 1.29 is 19.5 Å². The quantitative estimate of drug-likeness (QED) is 0.682. The van der Waals surface area contributed by atoms with Gasteiger partial charge in [-0.15, -0.1) is 0 Å². The Morgan fingerprint density at radius 1 is 1.47 bits per heavy atom. The summed E-state index contributed by atoms with van der Waals surface area (Å²) >= 11 is 0. The molecule has 6 nitrogen and oxygen atoms in total. The maximum atomic E-state index is 11.5. The third kappa shape index (κ3) is 2.08. The van der Waals surface area contributed by atoms with Gasteiger partial charge in [0.2, 0.25) is 6.10 Å². The molecule has 1 aliphatic heterocycles. The van der Waals surface area contributed by atoms with Gasteiger partial charge in [0, 0.05) is 12.5 Å². The number of hydrogen-bond donors (Lipinski definition) is 2. The highest BCUT2D eigenvalue weighted by Crippen LogP contribution is 2.19. The first-order valence-corrected chi connectivity index (χ1v) is 4.93. The highest BCUT2D eigenvalue weighted by atomic mass is 16.6. The van der Waals surface area contributed by atoms with Crippen molar-refractivity contribution in [1.82, 2.24) is 5.32 Å². The molecule has 1 saturated carbocycles. The smallest absolute Gasteiger partial charge is 0.353 e. The molecule has 1 heterocycles. The van der Waals surface area contributed by atoms with E-state index in [1.54, 1.807) is 0 Å². The fourth-order valence-electron chi connectivity index (χ4n) is 1.49. The number of aliphatic carboxylic acids is 1. The number of oxime groups is 1. The van der Waals surface area contributed by atoms with Crippen LogP contribution < -0.4 is 5.32 Å². The predicted octanol–water partition coefficient (Wildman–Crippen LogP) is -0.115. The number of nitrogens with zero attached hydrogens (tertiary/aromatic N) is 1. The van der Waals surface area contributed by atoms with E-state index in [0.717, 1.165) is 19.3 Å². The van der Waals surface area contributed by atoms with E-state index in [0.29, 0.717) is 0 Å². The van der Waals surface area contributed by atoms with Crippen molar-refractivity contribution in [3.8, 4) is 0 Å². The summed E-state index contributed by atoms with van der Waals surface area (Å²) in [4.78, 5) is 26.8. The number of rotatable bonds is 3. The third-order valence-corrected chi connectivity index (χ3v) is 2.66. The molecule has 1 fully saturated rings. The van der Waals surface area contributed by atoms with Crippen LogP contribution in [0.4, 0.5) is 0 Å². The van der Waals surface area contributed by atoms with Crippen molar-refractivity contribution in [3.63, 3.8) is 0 Å². The molecule has 0 aromatic heterocycles. The van der Waals surface area contributed by atoms with Gasteiger partial charge in [-0.25, -0.2) is 4.79 Å². The van der Waals surface area contributed by atoms with Crippen molar-refractivity contribution >= 4 is 17.6 Å². The zero-order valence-corrected chi connectivity index (χ0v) is 8.10. The second-order valence-corrected chi connectivity index (χ2v) is 3.78. The van der Waals surface area contributed by atoms with Crippen molar-refractivity contribution in [2.24, 2.45) is 5.16 Å². The highest BCUT2D eigenvalue weighted by molar-refractivity contribution is 6.36. The summed E-state index contributed by atoms with van der Waals surface area (Å²) in [7, 11) is 0. The second kappa shape index (κ2) is 3.88. The van der Waals surface area contributed by atoms with Crippen molar-refractivity contribution in [2.75, 3.05) is 0 Å². The molecule has 82 valence electrons. The Bertz CT molecular complexity index is 322. The Kier molecular flexibility index (Phi) is 2.57. The minimum atomic E-state index is -1.13. The van der Waals surface area contributed by atoms with Crippen LogP contribution in [-0.4, -0.2) is 34.8 Å². The van der Waals surface area contributed by atoms with E-state index in [1.165, 1.54) is 0 Å². The summed E-state index contributed by atoms with van der Waals surface area (Å²) < 4.78 is 0. The Hall–Kier alpha value is -1.59. The zero-order chi connectivity index (χ0) is 10.8. The minimum Gasteiger partial charge on any atom is -0.477 e. The summed E-state index contributed by atoms with van der Waals surface area (Å²) in [6, 6.07) is 0.231. The topological polar surface area (TPSA) is 88.0 Å². The first-order chi connectivity index (χ1) is 7.16. The van der Waals surface area contributed by atoms with Crippen LogP contribution in [0.2, 0.25) is 0 Å². The molecule has 2 N–H and O–H groups in total. The molecular weight excluding hydrogens is 200 g/mol. The fraction of sp³-hybridized carbons (Fsp3) is 0.667. The van der Waals surface area contributed by atoms with Crippen LogP contribution >= 0.6 is 0 Å². The molecule has 0 spiro atoms. The standard InChI is InChI=1S/C9H12N2O4/c12-8(10-5-2-1-3-5)7-4-6(9(13)14)11-15-7/h5,7H,1-4H2,(H,10,12)(H,13,14). The maximum Gasteiger partial charge on any atom is 0.353 e. The van der Waals surface area contributed by atoms with Gasteiger partial charge in [0.15, 0.2) is 5.71 Å². The first-order valence-electron chi connectivity index (χ1n) is 4.93. The summed E-state index contributed by atoms with van der Waals surface area (Å²) in [6.07, 6.45) is 2.40. The van der Waals surface area contributed by atoms with Gasteiger partial charge < -0.3 is 15.3 Å². The molecule has 1 aliphatic carbocycles. The Labute approximate surface area is 86.3 Å². The van der Waals surface area contributed by atoms with Gasteiger partial charge in [0.05, 0.1) is 0 Å². The minimum absolute atomic E-state index is 0.0495.